The quantitative estimate of drug-likeness (QED) is 0.298. The summed E-state index contributed by atoms with van der Waals surface area (Å²) in [5.41, 5.74) is -0.326. The number of alkyl carbamates (subject to hydrolysis) is 1. The smallest absolute Gasteiger partial charge is 0.410 e. The number of hydrogen-bond donors (Lipinski definition) is 4. The lowest BCUT2D eigenvalue weighted by Crippen LogP contribution is -2.58. The van der Waals surface area contributed by atoms with E-state index in [2.05, 4.69) is 20.1 Å². The highest BCUT2D eigenvalue weighted by Gasteiger charge is 2.61. The second kappa shape index (κ2) is 16.4. The van der Waals surface area contributed by atoms with E-state index in [1.807, 2.05) is 30.3 Å². The van der Waals surface area contributed by atoms with Crippen molar-refractivity contribution in [1.82, 2.24) is 25.2 Å². The van der Waals surface area contributed by atoms with Crippen LogP contribution in [-0.2, 0) is 47.2 Å². The van der Waals surface area contributed by atoms with Gasteiger partial charge in [0.05, 0.1) is 19.3 Å². The number of ether oxygens (including phenoxy) is 3. The molecule has 56 heavy (non-hydrogen) atoms. The first-order chi connectivity index (χ1) is 26.6. The van der Waals surface area contributed by atoms with Gasteiger partial charge in [-0.25, -0.2) is 14.3 Å². The molecule has 3 heterocycles. The largest absolute Gasteiger partial charge is 0.497 e. The van der Waals surface area contributed by atoms with Gasteiger partial charge in [-0.2, -0.15) is 8.42 Å². The van der Waals surface area contributed by atoms with Gasteiger partial charge in [0.25, 0.3) is 5.91 Å². The second-order valence-corrected chi connectivity index (χ2v) is 17.1. The maximum Gasteiger partial charge on any atom is 0.410 e. The Morgan fingerprint density at radius 1 is 0.964 bits per heavy atom. The molecule has 1 saturated carbocycles. The average molecular weight is 795 g/mol. The van der Waals surface area contributed by atoms with Crippen molar-refractivity contribution in [3.05, 3.63) is 71.8 Å². The molecule has 0 unspecified atom stereocenters. The lowest BCUT2D eigenvalue weighted by molar-refractivity contribution is -0.141. The van der Waals surface area contributed by atoms with Crippen LogP contribution >= 0.6 is 0 Å². The molecule has 0 bridgehead atoms. The fourth-order valence-electron chi connectivity index (χ4n) is 7.35. The highest BCUT2D eigenvalue weighted by Crippen LogP contribution is 2.46. The van der Waals surface area contributed by atoms with E-state index >= 15 is 0 Å². The van der Waals surface area contributed by atoms with Gasteiger partial charge in [-0.1, -0.05) is 49.3 Å². The number of allylic oxidation sites excluding steroid dienone is 1. The van der Waals surface area contributed by atoms with E-state index in [4.69, 9.17) is 14.2 Å². The summed E-state index contributed by atoms with van der Waals surface area (Å²) in [6.45, 7) is 5.65. The molecule has 0 aromatic heterocycles. The molecule has 0 spiro atoms. The van der Waals surface area contributed by atoms with Gasteiger partial charge in [0.15, 0.2) is 0 Å². The minimum atomic E-state index is -4.45. The molecule has 4 aliphatic rings. The van der Waals surface area contributed by atoms with Gasteiger partial charge in [0.2, 0.25) is 11.8 Å². The SMILES string of the molecule is COc1ccc(NS(=O)(=O)NC(=O)[C@@]23C[C@@H]2/C=C\CCCCC[C@H](NC(=O)OC(C)(C)C)C(=O)N2C[C@H](OC(=O)N4Cc5ccccc5C4)C[C@H]2C(=O)N3)cc1. The molecule has 0 radical (unpaired) electrons. The van der Waals surface area contributed by atoms with Crippen LogP contribution in [-0.4, -0.2) is 91.1 Å². The van der Waals surface area contributed by atoms with Gasteiger partial charge in [0, 0.05) is 25.4 Å². The number of carbonyl (C=O) groups excluding carboxylic acids is 5. The van der Waals surface area contributed by atoms with Crippen LogP contribution in [0.5, 0.6) is 5.75 Å². The molecule has 2 fully saturated rings. The lowest BCUT2D eigenvalue weighted by Gasteiger charge is -2.30. The lowest BCUT2D eigenvalue weighted by atomic mass is 10.0. The van der Waals surface area contributed by atoms with Crippen LogP contribution in [0.2, 0.25) is 0 Å². The summed E-state index contributed by atoms with van der Waals surface area (Å²) in [7, 11) is -2.98. The number of methoxy groups -OCH3 is 1. The Hall–Kier alpha value is -5.32. The fraction of sp³-hybridized carbons (Fsp3) is 0.513. The van der Waals surface area contributed by atoms with E-state index in [9.17, 15) is 32.4 Å². The number of rotatable bonds is 7. The Morgan fingerprint density at radius 3 is 2.32 bits per heavy atom. The minimum Gasteiger partial charge on any atom is -0.497 e. The van der Waals surface area contributed by atoms with Crippen molar-refractivity contribution in [2.45, 2.75) is 108 Å². The topological polar surface area (TPSA) is 202 Å². The number of amides is 5. The van der Waals surface area contributed by atoms with Gasteiger partial charge >= 0.3 is 22.4 Å². The van der Waals surface area contributed by atoms with Crippen LogP contribution < -0.4 is 24.8 Å². The zero-order chi connectivity index (χ0) is 40.3. The Labute approximate surface area is 326 Å². The van der Waals surface area contributed by atoms with Crippen molar-refractivity contribution in [2.24, 2.45) is 5.92 Å². The summed E-state index contributed by atoms with van der Waals surface area (Å²) in [6.07, 6.45) is 4.33. The monoisotopic (exact) mass is 794 g/mol. The van der Waals surface area contributed by atoms with Crippen molar-refractivity contribution in [3.63, 3.8) is 0 Å². The molecule has 4 N–H and O–H groups in total. The Kier molecular flexibility index (Phi) is 11.8. The molecular weight excluding hydrogens is 745 g/mol. The highest BCUT2D eigenvalue weighted by molar-refractivity contribution is 7.91. The summed E-state index contributed by atoms with van der Waals surface area (Å²) in [5, 5.41) is 5.48. The molecule has 1 aliphatic carbocycles. The Balaban J connectivity index is 1.24. The fourth-order valence-corrected chi connectivity index (χ4v) is 8.27. The third kappa shape index (κ3) is 9.72. The number of carbonyl (C=O) groups is 5. The standard InChI is InChI=1S/C39H50N6O10S/c1-38(2,3)55-36(49)40-31-15-9-7-5-6-8-14-27-21-39(27,35(48)43-56(51,52)42-28-16-18-29(53-4)19-17-28)41-33(46)32-20-30(24-45(32)34(31)47)54-37(50)44-22-25-12-10-11-13-26(25)23-44/h8,10-14,16-19,27,30-32,42H,5-7,9,15,20-24H2,1-4H3,(H,40,49)(H,41,46)(H,43,48)/b14-8-/t27-,30+,31-,32-,39+/m0/s1. The van der Waals surface area contributed by atoms with Crippen molar-refractivity contribution in [2.75, 3.05) is 18.4 Å². The first-order valence-corrected chi connectivity index (χ1v) is 20.3. The molecule has 1 saturated heterocycles. The molecule has 5 atom stereocenters. The van der Waals surface area contributed by atoms with Crippen molar-refractivity contribution in [3.8, 4) is 5.75 Å². The zero-order valence-electron chi connectivity index (χ0n) is 32.0. The third-order valence-electron chi connectivity index (χ3n) is 10.3. The first-order valence-electron chi connectivity index (χ1n) is 18.9. The molecule has 2 aromatic carbocycles. The number of hydrogen-bond acceptors (Lipinski definition) is 10. The van der Waals surface area contributed by atoms with E-state index in [-0.39, 0.29) is 31.5 Å². The van der Waals surface area contributed by atoms with Crippen LogP contribution in [0.4, 0.5) is 15.3 Å². The molecule has 5 amide bonds. The number of benzene rings is 2. The minimum absolute atomic E-state index is 0.0984. The van der Waals surface area contributed by atoms with Crippen molar-refractivity contribution < 1.29 is 46.6 Å². The molecule has 302 valence electrons. The van der Waals surface area contributed by atoms with Crippen LogP contribution in [0.1, 0.15) is 76.8 Å². The molecular formula is C39H50N6O10S. The van der Waals surface area contributed by atoms with Crippen molar-refractivity contribution >= 4 is 45.8 Å². The predicted octanol–water partition coefficient (Wildman–Crippen LogP) is 3.88. The van der Waals surface area contributed by atoms with E-state index in [0.717, 1.165) is 24.0 Å². The van der Waals surface area contributed by atoms with Gasteiger partial charge in [0.1, 0.15) is 35.1 Å². The van der Waals surface area contributed by atoms with Crippen LogP contribution in [0.3, 0.4) is 0 Å². The van der Waals surface area contributed by atoms with E-state index < -0.39 is 75.4 Å². The molecule has 16 nitrogen and oxygen atoms in total. The van der Waals surface area contributed by atoms with Gasteiger partial charge in [-0.15, -0.1) is 0 Å². The normalized spacial score (nSPS) is 25.9. The molecule has 17 heteroatoms. The number of nitrogens with one attached hydrogen (secondary N) is 4. The maximum absolute atomic E-state index is 14.4. The molecule has 3 aliphatic heterocycles. The molecule has 2 aromatic rings. The van der Waals surface area contributed by atoms with E-state index in [1.54, 1.807) is 39.0 Å². The van der Waals surface area contributed by atoms with Crippen molar-refractivity contribution in [1.29, 1.82) is 0 Å². The third-order valence-corrected chi connectivity index (χ3v) is 11.2. The second-order valence-electron chi connectivity index (χ2n) is 15.7. The number of anilines is 1. The van der Waals surface area contributed by atoms with Gasteiger partial charge in [-0.3, -0.25) is 24.0 Å². The Morgan fingerprint density at radius 2 is 1.66 bits per heavy atom. The zero-order valence-corrected chi connectivity index (χ0v) is 32.9. The van der Waals surface area contributed by atoms with Gasteiger partial charge < -0.3 is 29.7 Å². The summed E-state index contributed by atoms with van der Waals surface area (Å²) in [6, 6.07) is 11.4. The summed E-state index contributed by atoms with van der Waals surface area (Å²) in [5.74, 6) is -2.30. The first kappa shape index (κ1) is 40.3. The summed E-state index contributed by atoms with van der Waals surface area (Å²) < 4.78 is 47.2. The summed E-state index contributed by atoms with van der Waals surface area (Å²) in [4.78, 5) is 71.8. The predicted molar refractivity (Wildman–Crippen MR) is 204 cm³/mol. The molecule has 6 rings (SSSR count). The van der Waals surface area contributed by atoms with Crippen LogP contribution in [0.25, 0.3) is 0 Å². The highest BCUT2D eigenvalue weighted by atomic mass is 32.2. The summed E-state index contributed by atoms with van der Waals surface area (Å²) >= 11 is 0. The van der Waals surface area contributed by atoms with Gasteiger partial charge in [-0.05, 0) is 81.8 Å². The van der Waals surface area contributed by atoms with Crippen LogP contribution in [0.15, 0.2) is 60.7 Å². The number of nitrogens with zero attached hydrogens (tertiary/aromatic N) is 2. The van der Waals surface area contributed by atoms with Crippen LogP contribution in [0, 0.1) is 5.92 Å². The number of fused-ring (bicyclic) bond motifs is 3. The van der Waals surface area contributed by atoms with E-state index in [0.29, 0.717) is 31.7 Å². The Bertz CT molecular complexity index is 1940. The van der Waals surface area contributed by atoms with E-state index in [1.165, 1.54) is 29.0 Å². The average Bonchev–Trinajstić information content (AvgIpc) is 3.43. The maximum atomic E-state index is 14.4.